The highest BCUT2D eigenvalue weighted by Gasteiger charge is 2.21. The maximum absolute atomic E-state index is 13.9. The molecule has 3 aromatic carbocycles. The van der Waals surface area contributed by atoms with Crippen molar-refractivity contribution in [3.63, 3.8) is 0 Å². The van der Waals surface area contributed by atoms with Crippen molar-refractivity contribution < 1.29 is 22.3 Å². The summed E-state index contributed by atoms with van der Waals surface area (Å²) in [7, 11) is -4.01. The fourth-order valence-electron chi connectivity index (χ4n) is 3.09. The summed E-state index contributed by atoms with van der Waals surface area (Å²) in [5.74, 6) is -0.687. The highest BCUT2D eigenvalue weighted by molar-refractivity contribution is 7.90. The van der Waals surface area contributed by atoms with Crippen LogP contribution in [0.25, 0.3) is 0 Å². The Balaban J connectivity index is 1.48. The van der Waals surface area contributed by atoms with Gasteiger partial charge in [-0.05, 0) is 36.4 Å². The Bertz CT molecular complexity index is 1430. The third kappa shape index (κ3) is 5.80. The number of hydrogen-bond donors (Lipinski definition) is 1. The topological polar surface area (TPSA) is 85.4 Å². The first-order chi connectivity index (χ1) is 16.3. The van der Waals surface area contributed by atoms with Crippen molar-refractivity contribution in [2.75, 3.05) is 0 Å². The number of benzene rings is 3. The minimum Gasteiger partial charge on any atom is -0.488 e. The summed E-state index contributed by atoms with van der Waals surface area (Å²) in [4.78, 5) is 16.7. The van der Waals surface area contributed by atoms with Crippen LogP contribution in [0.15, 0.2) is 83.1 Å². The first-order valence-corrected chi connectivity index (χ1v) is 12.8. The second kappa shape index (κ2) is 10.3. The number of carbonyl (C=O) groups excluding carboxylic acids is 1. The minimum atomic E-state index is -4.01. The number of rotatable bonds is 8. The van der Waals surface area contributed by atoms with Crippen molar-refractivity contribution in [3.05, 3.63) is 111 Å². The van der Waals surface area contributed by atoms with Gasteiger partial charge in [0.05, 0.1) is 9.90 Å². The standard InChI is InChI=1S/C24H18ClFN2O4S2/c25-18-10-11-22(32-14-16-6-4-5-9-20(16)26)17(12-18)13-23-27-21(15-33-23)24(29)28-34(30,31)19-7-2-1-3-8-19/h1-12,15H,13-14H2,(H,28,29). The van der Waals surface area contributed by atoms with Crippen molar-refractivity contribution >= 4 is 38.9 Å². The maximum Gasteiger partial charge on any atom is 0.284 e. The molecule has 0 fully saturated rings. The van der Waals surface area contributed by atoms with Crippen LogP contribution in [0.3, 0.4) is 0 Å². The van der Waals surface area contributed by atoms with Crippen LogP contribution in [-0.2, 0) is 23.1 Å². The van der Waals surface area contributed by atoms with Gasteiger partial charge in [0, 0.05) is 28.0 Å². The fourth-order valence-corrected chi connectivity index (χ4v) is 5.06. The molecule has 0 aliphatic carbocycles. The van der Waals surface area contributed by atoms with Crippen molar-refractivity contribution in [1.29, 1.82) is 0 Å². The number of ether oxygens (including phenoxy) is 1. The molecule has 0 bridgehead atoms. The molecule has 0 radical (unpaired) electrons. The van der Waals surface area contributed by atoms with E-state index in [1.165, 1.54) is 34.9 Å². The summed E-state index contributed by atoms with van der Waals surface area (Å²) in [5, 5.41) is 2.52. The lowest BCUT2D eigenvalue weighted by molar-refractivity contribution is 0.0977. The first-order valence-electron chi connectivity index (χ1n) is 10.0. The lowest BCUT2D eigenvalue weighted by Gasteiger charge is -2.12. The van der Waals surface area contributed by atoms with E-state index in [1.807, 2.05) is 4.72 Å². The molecule has 4 rings (SSSR count). The van der Waals surface area contributed by atoms with E-state index >= 15 is 0 Å². The molecule has 4 aromatic rings. The van der Waals surface area contributed by atoms with Gasteiger partial charge in [-0.3, -0.25) is 4.79 Å². The molecule has 0 saturated heterocycles. The Morgan fingerprint density at radius 1 is 1.03 bits per heavy atom. The van der Waals surface area contributed by atoms with Crippen LogP contribution in [-0.4, -0.2) is 19.3 Å². The molecule has 0 spiro atoms. The first kappa shape index (κ1) is 23.9. The summed E-state index contributed by atoms with van der Waals surface area (Å²) >= 11 is 7.35. The van der Waals surface area contributed by atoms with Crippen molar-refractivity contribution in [2.24, 2.45) is 0 Å². The summed E-state index contributed by atoms with van der Waals surface area (Å²) < 4.78 is 46.6. The SMILES string of the molecule is O=C(NS(=O)(=O)c1ccccc1)c1csc(Cc2cc(Cl)ccc2OCc2ccccc2F)n1. The number of halogens is 2. The molecule has 1 aromatic heterocycles. The van der Waals surface area contributed by atoms with Gasteiger partial charge in [0.15, 0.2) is 0 Å². The zero-order chi connectivity index (χ0) is 24.1. The van der Waals surface area contributed by atoms with Crippen LogP contribution < -0.4 is 9.46 Å². The van der Waals surface area contributed by atoms with Gasteiger partial charge < -0.3 is 4.74 Å². The Labute approximate surface area is 205 Å². The molecule has 10 heteroatoms. The zero-order valence-electron chi connectivity index (χ0n) is 17.6. The predicted molar refractivity (Wildman–Crippen MR) is 128 cm³/mol. The predicted octanol–water partition coefficient (Wildman–Crippen LogP) is 5.22. The van der Waals surface area contributed by atoms with Gasteiger partial charge >= 0.3 is 0 Å². The van der Waals surface area contributed by atoms with Crippen LogP contribution in [0.4, 0.5) is 4.39 Å². The molecule has 0 saturated carbocycles. The van der Waals surface area contributed by atoms with Gasteiger partial charge in [-0.15, -0.1) is 11.3 Å². The van der Waals surface area contributed by atoms with Crippen molar-refractivity contribution in [3.8, 4) is 5.75 Å². The molecule has 1 amide bonds. The molecule has 0 aliphatic rings. The summed E-state index contributed by atoms with van der Waals surface area (Å²) in [6.07, 6.45) is 0.288. The van der Waals surface area contributed by atoms with Gasteiger partial charge in [0.25, 0.3) is 15.9 Å². The number of nitrogens with one attached hydrogen (secondary N) is 1. The van der Waals surface area contributed by atoms with Crippen molar-refractivity contribution in [2.45, 2.75) is 17.9 Å². The maximum atomic E-state index is 13.9. The number of amides is 1. The monoisotopic (exact) mass is 516 g/mol. The fraction of sp³-hybridized carbons (Fsp3) is 0.0833. The van der Waals surface area contributed by atoms with E-state index in [0.717, 1.165) is 0 Å². The Morgan fingerprint density at radius 2 is 1.76 bits per heavy atom. The van der Waals surface area contributed by atoms with E-state index in [-0.39, 0.29) is 29.4 Å². The number of carbonyl (C=O) groups is 1. The van der Waals surface area contributed by atoms with Crippen LogP contribution in [0.2, 0.25) is 5.02 Å². The molecular weight excluding hydrogens is 499 g/mol. The van der Waals surface area contributed by atoms with E-state index in [1.54, 1.807) is 54.6 Å². The molecular formula is C24H18ClFN2O4S2. The van der Waals surface area contributed by atoms with E-state index in [4.69, 9.17) is 16.3 Å². The normalized spacial score (nSPS) is 11.2. The highest BCUT2D eigenvalue weighted by Crippen LogP contribution is 2.28. The lowest BCUT2D eigenvalue weighted by Crippen LogP contribution is -2.30. The lowest BCUT2D eigenvalue weighted by atomic mass is 10.1. The smallest absolute Gasteiger partial charge is 0.284 e. The summed E-state index contributed by atoms with van der Waals surface area (Å²) in [5.41, 5.74) is 1.09. The van der Waals surface area contributed by atoms with Gasteiger partial charge in [-0.1, -0.05) is 48.0 Å². The van der Waals surface area contributed by atoms with E-state index < -0.39 is 15.9 Å². The van der Waals surface area contributed by atoms with Crippen LogP contribution in [0.1, 0.15) is 26.6 Å². The Kier molecular flexibility index (Phi) is 7.26. The van der Waals surface area contributed by atoms with Crippen LogP contribution in [0.5, 0.6) is 5.75 Å². The second-order valence-electron chi connectivity index (χ2n) is 7.18. The van der Waals surface area contributed by atoms with E-state index in [9.17, 15) is 17.6 Å². The van der Waals surface area contributed by atoms with Crippen LogP contribution in [0, 0.1) is 5.82 Å². The summed E-state index contributed by atoms with van der Waals surface area (Å²) in [6.45, 7) is 0.0319. The third-order valence-electron chi connectivity index (χ3n) is 4.77. The molecule has 34 heavy (non-hydrogen) atoms. The number of aromatic nitrogens is 1. The Morgan fingerprint density at radius 3 is 2.53 bits per heavy atom. The van der Waals surface area contributed by atoms with Crippen LogP contribution >= 0.6 is 22.9 Å². The number of thiazole rings is 1. The van der Waals surface area contributed by atoms with Gasteiger partial charge in [-0.25, -0.2) is 22.5 Å². The largest absolute Gasteiger partial charge is 0.488 e. The molecule has 1 heterocycles. The summed E-state index contributed by atoms with van der Waals surface area (Å²) in [6, 6.07) is 19.0. The quantitative estimate of drug-likeness (QED) is 0.347. The zero-order valence-corrected chi connectivity index (χ0v) is 20.0. The molecule has 0 atom stereocenters. The van der Waals surface area contributed by atoms with Gasteiger partial charge in [0.1, 0.15) is 23.9 Å². The molecule has 174 valence electrons. The average molecular weight is 517 g/mol. The molecule has 6 nitrogen and oxygen atoms in total. The number of nitrogens with zero attached hydrogens (tertiary/aromatic N) is 1. The minimum absolute atomic E-state index is 0.0182. The average Bonchev–Trinajstić information content (AvgIpc) is 3.29. The van der Waals surface area contributed by atoms with Gasteiger partial charge in [-0.2, -0.15) is 0 Å². The Hall–Kier alpha value is -3.27. The highest BCUT2D eigenvalue weighted by atomic mass is 35.5. The molecule has 0 unspecified atom stereocenters. The van der Waals surface area contributed by atoms with E-state index in [0.29, 0.717) is 26.9 Å². The second-order valence-corrected chi connectivity index (χ2v) is 10.2. The van der Waals surface area contributed by atoms with Crippen molar-refractivity contribution in [1.82, 2.24) is 9.71 Å². The number of hydrogen-bond acceptors (Lipinski definition) is 6. The van der Waals surface area contributed by atoms with Gasteiger partial charge in [0.2, 0.25) is 0 Å². The third-order valence-corrected chi connectivity index (χ3v) is 7.20. The molecule has 0 aliphatic heterocycles. The molecule has 1 N–H and O–H groups in total. The van der Waals surface area contributed by atoms with E-state index in [2.05, 4.69) is 4.98 Å². The number of sulfonamides is 1.